The molecule has 1 aliphatic heterocycles. The third-order valence-corrected chi connectivity index (χ3v) is 4.20. The van der Waals surface area contributed by atoms with Crippen molar-refractivity contribution in [1.82, 2.24) is 5.43 Å². The highest BCUT2D eigenvalue weighted by atomic mass is 32.2. The van der Waals surface area contributed by atoms with Gasteiger partial charge in [-0.25, -0.2) is 4.39 Å². The molecule has 19 heavy (non-hydrogen) atoms. The lowest BCUT2D eigenvalue weighted by molar-refractivity contribution is 0.0471. The van der Waals surface area contributed by atoms with Crippen molar-refractivity contribution >= 4 is 11.8 Å². The number of nitrogens with two attached hydrogens (primary N) is 1. The van der Waals surface area contributed by atoms with Gasteiger partial charge in [0.05, 0.1) is 25.9 Å². The Morgan fingerprint density at radius 1 is 1.63 bits per heavy atom. The number of rotatable bonds is 5. The van der Waals surface area contributed by atoms with Crippen molar-refractivity contribution < 1.29 is 13.9 Å². The fourth-order valence-electron chi connectivity index (χ4n) is 2.13. The van der Waals surface area contributed by atoms with Gasteiger partial charge in [0.15, 0.2) is 11.6 Å². The minimum atomic E-state index is -0.352. The number of thioether (sulfide) groups is 1. The summed E-state index contributed by atoms with van der Waals surface area (Å²) in [6, 6.07) is 4.96. The van der Waals surface area contributed by atoms with Crippen LogP contribution in [-0.4, -0.2) is 37.4 Å². The predicted molar refractivity (Wildman–Crippen MR) is 74.8 cm³/mol. The van der Waals surface area contributed by atoms with E-state index < -0.39 is 0 Å². The van der Waals surface area contributed by atoms with E-state index in [9.17, 15) is 4.39 Å². The van der Waals surface area contributed by atoms with E-state index in [-0.39, 0.29) is 23.7 Å². The predicted octanol–water partition coefficient (Wildman–Crippen LogP) is 1.34. The van der Waals surface area contributed by atoms with Crippen LogP contribution in [0.25, 0.3) is 0 Å². The van der Waals surface area contributed by atoms with Crippen LogP contribution in [0.5, 0.6) is 5.75 Å². The van der Waals surface area contributed by atoms with Gasteiger partial charge >= 0.3 is 0 Å². The van der Waals surface area contributed by atoms with E-state index in [2.05, 4.69) is 5.43 Å². The SMILES string of the molecule is COc1ccc(CC(NN)C2CSCCO2)cc1F. The molecule has 0 bridgehead atoms. The van der Waals surface area contributed by atoms with Crippen LogP contribution in [0.15, 0.2) is 18.2 Å². The quantitative estimate of drug-likeness (QED) is 0.632. The molecule has 1 saturated heterocycles. The molecule has 0 amide bonds. The van der Waals surface area contributed by atoms with Gasteiger partial charge in [-0.05, 0) is 24.1 Å². The highest BCUT2D eigenvalue weighted by Crippen LogP contribution is 2.21. The smallest absolute Gasteiger partial charge is 0.165 e. The maximum Gasteiger partial charge on any atom is 0.165 e. The number of hydrogen-bond donors (Lipinski definition) is 2. The summed E-state index contributed by atoms with van der Waals surface area (Å²) in [4.78, 5) is 0. The molecule has 2 unspecified atom stereocenters. The fourth-order valence-corrected chi connectivity index (χ4v) is 3.07. The third kappa shape index (κ3) is 3.82. The van der Waals surface area contributed by atoms with Gasteiger partial charge in [0.2, 0.25) is 0 Å². The third-order valence-electron chi connectivity index (χ3n) is 3.18. The minimum absolute atomic E-state index is 0.0133. The first-order chi connectivity index (χ1) is 9.24. The molecule has 1 heterocycles. The standard InChI is InChI=1S/C13H19FN2O2S/c1-17-12-3-2-9(6-10(12)14)7-11(16-15)13-8-19-5-4-18-13/h2-3,6,11,13,16H,4-5,7-8,15H2,1H3. The van der Waals surface area contributed by atoms with Gasteiger partial charge in [0.25, 0.3) is 0 Å². The van der Waals surface area contributed by atoms with E-state index in [0.717, 1.165) is 23.7 Å². The Morgan fingerprint density at radius 2 is 2.47 bits per heavy atom. The molecule has 0 aromatic heterocycles. The van der Waals surface area contributed by atoms with E-state index >= 15 is 0 Å². The Morgan fingerprint density at radius 3 is 3.05 bits per heavy atom. The van der Waals surface area contributed by atoms with Crippen LogP contribution >= 0.6 is 11.8 Å². The van der Waals surface area contributed by atoms with Crippen molar-refractivity contribution in [3.63, 3.8) is 0 Å². The molecular weight excluding hydrogens is 267 g/mol. The average molecular weight is 286 g/mol. The molecule has 0 radical (unpaired) electrons. The lowest BCUT2D eigenvalue weighted by Crippen LogP contribution is -2.49. The molecular formula is C13H19FN2O2S. The van der Waals surface area contributed by atoms with Gasteiger partial charge < -0.3 is 9.47 Å². The summed E-state index contributed by atoms with van der Waals surface area (Å²) in [5.41, 5.74) is 3.65. The van der Waals surface area contributed by atoms with Crippen molar-refractivity contribution in [3.05, 3.63) is 29.6 Å². The first-order valence-electron chi connectivity index (χ1n) is 6.22. The Bertz CT molecular complexity index is 414. The molecule has 0 saturated carbocycles. The second kappa shape index (κ2) is 7.09. The van der Waals surface area contributed by atoms with Gasteiger partial charge in [-0.2, -0.15) is 11.8 Å². The molecule has 0 aliphatic carbocycles. The molecule has 1 aromatic rings. The molecule has 1 aromatic carbocycles. The summed E-state index contributed by atoms with van der Waals surface area (Å²) in [7, 11) is 1.45. The molecule has 2 rings (SSSR count). The maximum absolute atomic E-state index is 13.6. The van der Waals surface area contributed by atoms with E-state index in [1.165, 1.54) is 13.2 Å². The van der Waals surface area contributed by atoms with Crippen LogP contribution in [0.4, 0.5) is 4.39 Å². The Hall–Kier alpha value is -0.820. The second-order valence-corrected chi connectivity index (χ2v) is 5.58. The molecule has 1 aliphatic rings. The molecule has 106 valence electrons. The zero-order chi connectivity index (χ0) is 13.7. The molecule has 4 nitrogen and oxygen atoms in total. The van der Waals surface area contributed by atoms with Crippen LogP contribution in [0.2, 0.25) is 0 Å². The van der Waals surface area contributed by atoms with Crippen molar-refractivity contribution in [2.75, 3.05) is 25.2 Å². The largest absolute Gasteiger partial charge is 0.494 e. The van der Waals surface area contributed by atoms with E-state index in [4.69, 9.17) is 15.3 Å². The van der Waals surface area contributed by atoms with Crippen molar-refractivity contribution in [1.29, 1.82) is 0 Å². The zero-order valence-corrected chi connectivity index (χ0v) is 11.7. The monoisotopic (exact) mass is 286 g/mol. The molecule has 6 heteroatoms. The summed E-state index contributed by atoms with van der Waals surface area (Å²) in [5, 5.41) is 0. The zero-order valence-electron chi connectivity index (χ0n) is 10.9. The highest BCUT2D eigenvalue weighted by Gasteiger charge is 2.24. The van der Waals surface area contributed by atoms with Crippen LogP contribution in [0.3, 0.4) is 0 Å². The Balaban J connectivity index is 2.03. The Labute approximate surface area is 116 Å². The maximum atomic E-state index is 13.6. The van der Waals surface area contributed by atoms with Gasteiger partial charge in [0.1, 0.15) is 0 Å². The van der Waals surface area contributed by atoms with Crippen LogP contribution in [0, 0.1) is 5.82 Å². The number of hydrogen-bond acceptors (Lipinski definition) is 5. The van der Waals surface area contributed by atoms with Gasteiger partial charge in [0, 0.05) is 11.5 Å². The second-order valence-electron chi connectivity index (χ2n) is 4.43. The summed E-state index contributed by atoms with van der Waals surface area (Å²) < 4.78 is 24.2. The minimum Gasteiger partial charge on any atom is -0.494 e. The summed E-state index contributed by atoms with van der Waals surface area (Å²) >= 11 is 1.85. The van der Waals surface area contributed by atoms with Crippen molar-refractivity contribution in [2.45, 2.75) is 18.6 Å². The number of hydrazine groups is 1. The van der Waals surface area contributed by atoms with Gasteiger partial charge in [-0.3, -0.25) is 11.3 Å². The number of methoxy groups -OCH3 is 1. The van der Waals surface area contributed by atoms with Crippen molar-refractivity contribution in [3.8, 4) is 5.75 Å². The number of ether oxygens (including phenoxy) is 2. The summed E-state index contributed by atoms with van der Waals surface area (Å²) in [6.07, 6.45) is 0.691. The van der Waals surface area contributed by atoms with E-state index in [1.54, 1.807) is 6.07 Å². The van der Waals surface area contributed by atoms with Crippen LogP contribution in [-0.2, 0) is 11.2 Å². The van der Waals surface area contributed by atoms with Gasteiger partial charge in [-0.15, -0.1) is 0 Å². The average Bonchev–Trinajstić information content (AvgIpc) is 2.46. The fraction of sp³-hybridized carbons (Fsp3) is 0.538. The topological polar surface area (TPSA) is 56.5 Å². The first-order valence-corrected chi connectivity index (χ1v) is 7.38. The van der Waals surface area contributed by atoms with Crippen molar-refractivity contribution in [2.24, 2.45) is 5.84 Å². The van der Waals surface area contributed by atoms with E-state index in [1.807, 2.05) is 17.8 Å². The Kier molecular flexibility index (Phi) is 5.45. The molecule has 3 N–H and O–H groups in total. The molecule has 0 spiro atoms. The van der Waals surface area contributed by atoms with Gasteiger partial charge in [-0.1, -0.05) is 6.07 Å². The number of halogens is 1. The first kappa shape index (κ1) is 14.6. The molecule has 2 atom stereocenters. The lowest BCUT2D eigenvalue weighted by atomic mass is 10.0. The normalized spacial score (nSPS) is 21.1. The molecule has 1 fully saturated rings. The van der Waals surface area contributed by atoms with Crippen LogP contribution < -0.4 is 16.0 Å². The number of nitrogens with one attached hydrogen (secondary N) is 1. The summed E-state index contributed by atoms with van der Waals surface area (Å²) in [5.74, 6) is 7.42. The summed E-state index contributed by atoms with van der Waals surface area (Å²) in [6.45, 7) is 0.741. The lowest BCUT2D eigenvalue weighted by Gasteiger charge is -2.29. The van der Waals surface area contributed by atoms with E-state index in [0.29, 0.717) is 6.42 Å². The van der Waals surface area contributed by atoms with Crippen LogP contribution in [0.1, 0.15) is 5.56 Å². The highest BCUT2D eigenvalue weighted by molar-refractivity contribution is 7.99. The number of benzene rings is 1.